The number of amides is 1. The first-order valence-corrected chi connectivity index (χ1v) is 9.10. The molecule has 4 nitrogen and oxygen atoms in total. The Labute approximate surface area is 138 Å². The average Bonchev–Trinajstić information content (AvgIpc) is 3.32. The Morgan fingerprint density at radius 1 is 1.30 bits per heavy atom. The molecule has 1 aromatic rings. The fraction of sp³-hybridized carbons (Fsp3) is 0.684. The van der Waals surface area contributed by atoms with Crippen LogP contribution in [-0.2, 0) is 11.3 Å². The summed E-state index contributed by atoms with van der Waals surface area (Å²) < 4.78 is 0. The number of aromatic nitrogens is 1. The normalized spacial score (nSPS) is 30.5. The van der Waals surface area contributed by atoms with Crippen LogP contribution >= 0.6 is 0 Å². The van der Waals surface area contributed by atoms with E-state index in [0.29, 0.717) is 29.7 Å². The predicted molar refractivity (Wildman–Crippen MR) is 89.6 cm³/mol. The Balaban J connectivity index is 1.43. The number of nitrogens with zero attached hydrogens (tertiary/aromatic N) is 3. The van der Waals surface area contributed by atoms with Gasteiger partial charge in [-0.1, -0.05) is 12.5 Å². The Kier molecular flexibility index (Phi) is 4.10. The van der Waals surface area contributed by atoms with Gasteiger partial charge in [-0.3, -0.25) is 14.7 Å². The zero-order valence-corrected chi connectivity index (χ0v) is 14.0. The van der Waals surface area contributed by atoms with E-state index in [0.717, 1.165) is 32.5 Å². The molecule has 4 heteroatoms. The van der Waals surface area contributed by atoms with Gasteiger partial charge in [0.1, 0.15) is 0 Å². The van der Waals surface area contributed by atoms with E-state index in [9.17, 15) is 4.79 Å². The van der Waals surface area contributed by atoms with E-state index < -0.39 is 0 Å². The smallest absolute Gasteiger partial charge is 0.225 e. The summed E-state index contributed by atoms with van der Waals surface area (Å²) in [6, 6.07) is 4.77. The molecule has 0 bridgehead atoms. The van der Waals surface area contributed by atoms with E-state index in [-0.39, 0.29) is 0 Å². The van der Waals surface area contributed by atoms with Crippen molar-refractivity contribution in [1.82, 2.24) is 14.8 Å². The Bertz CT molecular complexity index is 557. The summed E-state index contributed by atoms with van der Waals surface area (Å²) in [7, 11) is 2.24. The summed E-state index contributed by atoms with van der Waals surface area (Å²) >= 11 is 0. The van der Waals surface area contributed by atoms with Crippen LogP contribution in [0.2, 0.25) is 0 Å². The molecule has 1 saturated heterocycles. The third kappa shape index (κ3) is 3.14. The number of rotatable bonds is 4. The zero-order valence-electron chi connectivity index (χ0n) is 14.0. The minimum atomic E-state index is 0.363. The van der Waals surface area contributed by atoms with Crippen LogP contribution in [0.4, 0.5) is 0 Å². The van der Waals surface area contributed by atoms with Gasteiger partial charge in [-0.2, -0.15) is 0 Å². The van der Waals surface area contributed by atoms with Crippen LogP contribution in [0.5, 0.6) is 0 Å². The molecule has 1 aromatic heterocycles. The standard InChI is InChI=1S/C19H27N3O/c1-21(11-14-4-3-9-20-10-14)18-6-2-5-16-12-22(13-17(16)18)19(23)15-7-8-15/h3-4,9-10,15-18H,2,5-8,11-13H2,1H3/t16-,17+,18?/m1/s1. The highest BCUT2D eigenvalue weighted by atomic mass is 16.2. The number of carbonyl (C=O) groups excluding carboxylic acids is 1. The lowest BCUT2D eigenvalue weighted by Crippen LogP contribution is -2.43. The van der Waals surface area contributed by atoms with Gasteiger partial charge in [0.2, 0.25) is 5.91 Å². The Morgan fingerprint density at radius 3 is 2.91 bits per heavy atom. The lowest BCUT2D eigenvalue weighted by molar-refractivity contribution is -0.131. The van der Waals surface area contributed by atoms with Crippen LogP contribution in [0.3, 0.4) is 0 Å². The molecule has 0 N–H and O–H groups in total. The van der Waals surface area contributed by atoms with Crippen molar-refractivity contribution in [2.45, 2.75) is 44.7 Å². The summed E-state index contributed by atoms with van der Waals surface area (Å²) in [6.07, 6.45) is 9.91. The highest BCUT2D eigenvalue weighted by Crippen LogP contribution is 2.41. The van der Waals surface area contributed by atoms with Crippen molar-refractivity contribution < 1.29 is 4.79 Å². The van der Waals surface area contributed by atoms with Crippen molar-refractivity contribution >= 4 is 5.91 Å². The Hall–Kier alpha value is -1.42. The van der Waals surface area contributed by atoms with Crippen molar-refractivity contribution in [2.75, 3.05) is 20.1 Å². The first-order valence-electron chi connectivity index (χ1n) is 9.10. The van der Waals surface area contributed by atoms with Crippen LogP contribution < -0.4 is 0 Å². The molecule has 1 aliphatic heterocycles. The van der Waals surface area contributed by atoms with Crippen LogP contribution in [-0.4, -0.2) is 46.9 Å². The number of likely N-dealkylation sites (tertiary alicyclic amines) is 1. The molecule has 124 valence electrons. The predicted octanol–water partition coefficient (Wildman–Crippen LogP) is 2.55. The molecule has 3 aliphatic rings. The fourth-order valence-corrected chi connectivity index (χ4v) is 4.65. The quantitative estimate of drug-likeness (QED) is 0.857. The van der Waals surface area contributed by atoms with Crippen LogP contribution in [0.15, 0.2) is 24.5 Å². The van der Waals surface area contributed by atoms with E-state index in [4.69, 9.17) is 0 Å². The molecule has 4 rings (SSSR count). The first-order chi connectivity index (χ1) is 11.2. The second-order valence-electron chi connectivity index (χ2n) is 7.72. The summed E-state index contributed by atoms with van der Waals surface area (Å²) in [5.74, 6) is 2.18. The van der Waals surface area contributed by atoms with Crippen molar-refractivity contribution in [2.24, 2.45) is 17.8 Å². The first kappa shape index (κ1) is 15.1. The molecule has 0 spiro atoms. The molecule has 1 unspecified atom stereocenters. The topological polar surface area (TPSA) is 36.4 Å². The molecule has 2 heterocycles. The van der Waals surface area contributed by atoms with E-state index in [1.807, 2.05) is 18.5 Å². The van der Waals surface area contributed by atoms with Gasteiger partial charge >= 0.3 is 0 Å². The van der Waals surface area contributed by atoms with Gasteiger partial charge in [-0.25, -0.2) is 0 Å². The zero-order chi connectivity index (χ0) is 15.8. The van der Waals surface area contributed by atoms with E-state index in [1.54, 1.807) is 0 Å². The molecule has 0 aromatic carbocycles. The molecule has 1 amide bonds. The van der Waals surface area contributed by atoms with Gasteiger partial charge in [-0.15, -0.1) is 0 Å². The Morgan fingerprint density at radius 2 is 2.17 bits per heavy atom. The second kappa shape index (κ2) is 6.23. The number of hydrogen-bond donors (Lipinski definition) is 0. The monoisotopic (exact) mass is 313 g/mol. The third-order valence-electron chi connectivity index (χ3n) is 6.02. The van der Waals surface area contributed by atoms with Gasteiger partial charge in [0, 0.05) is 44.0 Å². The van der Waals surface area contributed by atoms with E-state index in [2.05, 4.69) is 27.9 Å². The minimum absolute atomic E-state index is 0.363. The number of pyridine rings is 1. The van der Waals surface area contributed by atoms with Gasteiger partial charge < -0.3 is 4.90 Å². The molecule has 2 saturated carbocycles. The molecule has 23 heavy (non-hydrogen) atoms. The van der Waals surface area contributed by atoms with Gasteiger partial charge in [-0.05, 0) is 56.2 Å². The maximum Gasteiger partial charge on any atom is 0.225 e. The lowest BCUT2D eigenvalue weighted by atomic mass is 9.77. The molecule has 2 aliphatic carbocycles. The van der Waals surface area contributed by atoms with Gasteiger partial charge in [0.05, 0.1) is 0 Å². The second-order valence-corrected chi connectivity index (χ2v) is 7.72. The van der Waals surface area contributed by atoms with Crippen molar-refractivity contribution in [3.63, 3.8) is 0 Å². The van der Waals surface area contributed by atoms with E-state index in [1.165, 1.54) is 24.8 Å². The number of carbonyl (C=O) groups is 1. The van der Waals surface area contributed by atoms with Crippen LogP contribution in [0.1, 0.15) is 37.7 Å². The van der Waals surface area contributed by atoms with E-state index >= 15 is 0 Å². The largest absolute Gasteiger partial charge is 0.342 e. The van der Waals surface area contributed by atoms with Crippen molar-refractivity contribution in [1.29, 1.82) is 0 Å². The van der Waals surface area contributed by atoms with Crippen molar-refractivity contribution in [3.8, 4) is 0 Å². The highest BCUT2D eigenvalue weighted by molar-refractivity contribution is 5.81. The third-order valence-corrected chi connectivity index (χ3v) is 6.02. The lowest BCUT2D eigenvalue weighted by Gasteiger charge is -2.39. The summed E-state index contributed by atoms with van der Waals surface area (Å²) in [6.45, 7) is 2.96. The molecule has 3 atom stereocenters. The molecule has 0 radical (unpaired) electrons. The molecular formula is C19H27N3O. The minimum Gasteiger partial charge on any atom is -0.342 e. The number of fused-ring (bicyclic) bond motifs is 1. The maximum atomic E-state index is 12.4. The highest BCUT2D eigenvalue weighted by Gasteiger charge is 2.45. The van der Waals surface area contributed by atoms with Crippen LogP contribution in [0, 0.1) is 17.8 Å². The summed E-state index contributed by atoms with van der Waals surface area (Å²) in [4.78, 5) is 21.3. The van der Waals surface area contributed by atoms with Crippen LogP contribution in [0.25, 0.3) is 0 Å². The maximum absolute atomic E-state index is 12.4. The SMILES string of the molecule is CN(Cc1cccnc1)C1CCC[C@@H]2CN(C(=O)C3CC3)C[C@H]12. The average molecular weight is 313 g/mol. The fourth-order valence-electron chi connectivity index (χ4n) is 4.65. The van der Waals surface area contributed by atoms with Crippen molar-refractivity contribution in [3.05, 3.63) is 30.1 Å². The summed E-state index contributed by atoms with van der Waals surface area (Å²) in [5, 5.41) is 0. The summed E-state index contributed by atoms with van der Waals surface area (Å²) in [5.41, 5.74) is 1.28. The molecule has 3 fully saturated rings. The number of hydrogen-bond acceptors (Lipinski definition) is 3. The molecular weight excluding hydrogens is 286 g/mol. The van der Waals surface area contributed by atoms with Gasteiger partial charge in [0.15, 0.2) is 0 Å². The van der Waals surface area contributed by atoms with Gasteiger partial charge in [0.25, 0.3) is 0 Å².